The van der Waals surface area contributed by atoms with Crippen LogP contribution in [0.2, 0.25) is 0 Å². The van der Waals surface area contributed by atoms with Gasteiger partial charge >= 0.3 is 0 Å². The van der Waals surface area contributed by atoms with E-state index in [-0.39, 0.29) is 12.3 Å². The van der Waals surface area contributed by atoms with Gasteiger partial charge in [-0.2, -0.15) is 10.1 Å². The molecule has 2 aliphatic heterocycles. The number of aryl methyl sites for hydroxylation is 1. The molecular weight excluding hydrogens is 440 g/mol. The van der Waals surface area contributed by atoms with E-state index in [2.05, 4.69) is 37.1 Å². The summed E-state index contributed by atoms with van der Waals surface area (Å²) in [5, 5.41) is 16.6. The topological polar surface area (TPSA) is 106 Å². The van der Waals surface area contributed by atoms with Crippen molar-refractivity contribution in [2.24, 2.45) is 7.05 Å². The second kappa shape index (κ2) is 8.41. The van der Waals surface area contributed by atoms with Crippen molar-refractivity contribution in [2.75, 3.05) is 30.9 Å². The zero-order valence-corrected chi connectivity index (χ0v) is 19.3. The predicted molar refractivity (Wildman–Crippen MR) is 127 cm³/mol. The summed E-state index contributed by atoms with van der Waals surface area (Å²) in [4.78, 5) is 10.9. The van der Waals surface area contributed by atoms with Crippen LogP contribution in [0.4, 0.5) is 17.5 Å². The zero-order valence-electron chi connectivity index (χ0n) is 18.5. The number of ether oxygens (including phenoxy) is 2. The molecule has 4 aromatic heterocycles. The largest absolute Gasteiger partial charge is 0.381 e. The minimum atomic E-state index is 0.103. The molecule has 0 spiro atoms. The van der Waals surface area contributed by atoms with Crippen LogP contribution >= 0.6 is 11.3 Å². The molecule has 0 bridgehead atoms. The molecule has 6 rings (SSSR count). The Morgan fingerprint density at radius 1 is 1.21 bits per heavy atom. The van der Waals surface area contributed by atoms with Crippen LogP contribution in [0.5, 0.6) is 0 Å². The van der Waals surface area contributed by atoms with Crippen molar-refractivity contribution >= 4 is 39.8 Å². The third-order valence-corrected chi connectivity index (χ3v) is 6.99. The zero-order chi connectivity index (χ0) is 22.4. The molecule has 10 nitrogen and oxygen atoms in total. The Bertz CT molecular complexity index is 1270. The third kappa shape index (κ3) is 4.08. The van der Waals surface area contributed by atoms with E-state index in [1.165, 1.54) is 4.88 Å². The van der Waals surface area contributed by atoms with Gasteiger partial charge < -0.3 is 24.7 Å². The van der Waals surface area contributed by atoms with Gasteiger partial charge in [0.15, 0.2) is 5.82 Å². The minimum Gasteiger partial charge on any atom is -0.381 e. The van der Waals surface area contributed by atoms with E-state index >= 15 is 0 Å². The van der Waals surface area contributed by atoms with Crippen LogP contribution in [0.3, 0.4) is 0 Å². The van der Waals surface area contributed by atoms with Gasteiger partial charge in [0.25, 0.3) is 0 Å². The van der Waals surface area contributed by atoms with Gasteiger partial charge in [-0.25, -0.2) is 4.98 Å². The Morgan fingerprint density at radius 2 is 2.09 bits per heavy atom. The molecule has 2 fully saturated rings. The van der Waals surface area contributed by atoms with Crippen molar-refractivity contribution in [3.8, 4) is 5.69 Å². The maximum Gasteiger partial charge on any atom is 0.229 e. The molecule has 3 N–H and O–H groups in total. The fourth-order valence-corrected chi connectivity index (χ4v) is 5.13. The SMILES string of the molecule is CNC1OC1c1cc(Nc2nc(NC3CCOCC3)c3c(ccn3-c3cnn(C)c3)n2)cs1. The smallest absolute Gasteiger partial charge is 0.229 e. The quantitative estimate of drug-likeness (QED) is 0.357. The van der Waals surface area contributed by atoms with Crippen LogP contribution in [-0.2, 0) is 16.5 Å². The number of thiophene rings is 1. The number of likely N-dealkylation sites (N-methyl/N-ethyl adjacent to an activating group) is 1. The third-order valence-electron chi connectivity index (χ3n) is 6.00. The Morgan fingerprint density at radius 3 is 2.85 bits per heavy atom. The number of rotatable bonds is 7. The second-order valence-electron chi connectivity index (χ2n) is 8.35. The molecule has 172 valence electrons. The number of epoxide rings is 1. The Kier molecular flexibility index (Phi) is 5.25. The van der Waals surface area contributed by atoms with Crippen LogP contribution < -0.4 is 16.0 Å². The molecule has 0 saturated carbocycles. The molecule has 0 aromatic carbocycles. The summed E-state index contributed by atoms with van der Waals surface area (Å²) in [6, 6.07) is 4.42. The molecule has 33 heavy (non-hydrogen) atoms. The second-order valence-corrected chi connectivity index (χ2v) is 9.29. The highest BCUT2D eigenvalue weighted by atomic mass is 32.1. The average molecular weight is 467 g/mol. The number of fused-ring (bicyclic) bond motifs is 1. The summed E-state index contributed by atoms with van der Waals surface area (Å²) in [5.74, 6) is 1.37. The first kappa shape index (κ1) is 20.6. The lowest BCUT2D eigenvalue weighted by Crippen LogP contribution is -2.28. The van der Waals surface area contributed by atoms with Crippen molar-refractivity contribution in [3.63, 3.8) is 0 Å². The normalized spacial score (nSPS) is 20.9. The van der Waals surface area contributed by atoms with Gasteiger partial charge in [0.05, 0.1) is 23.1 Å². The molecule has 6 heterocycles. The molecular formula is C22H26N8O2S. The lowest BCUT2D eigenvalue weighted by Gasteiger charge is -2.24. The van der Waals surface area contributed by atoms with E-state index in [0.717, 1.165) is 54.3 Å². The lowest BCUT2D eigenvalue weighted by molar-refractivity contribution is 0.0904. The Labute approximate surface area is 194 Å². The fraction of sp³-hybridized carbons (Fsp3) is 0.409. The Balaban J connectivity index is 1.34. The molecule has 2 saturated heterocycles. The molecule has 11 heteroatoms. The number of hydrogen-bond acceptors (Lipinski definition) is 9. The Hall–Kier alpha value is -2.99. The van der Waals surface area contributed by atoms with E-state index in [1.54, 1.807) is 16.0 Å². The van der Waals surface area contributed by atoms with Crippen molar-refractivity contribution < 1.29 is 9.47 Å². The highest BCUT2D eigenvalue weighted by molar-refractivity contribution is 7.10. The summed E-state index contributed by atoms with van der Waals surface area (Å²) < 4.78 is 15.0. The first-order valence-electron chi connectivity index (χ1n) is 11.1. The number of hydrogen-bond donors (Lipinski definition) is 3. The van der Waals surface area contributed by atoms with Gasteiger partial charge in [-0.05, 0) is 32.0 Å². The fourth-order valence-electron chi connectivity index (χ4n) is 4.23. The molecule has 2 aliphatic rings. The van der Waals surface area contributed by atoms with Crippen molar-refractivity contribution in [3.05, 3.63) is 41.0 Å². The summed E-state index contributed by atoms with van der Waals surface area (Å²) in [7, 11) is 3.82. The number of nitrogens with one attached hydrogen (secondary N) is 3. The van der Waals surface area contributed by atoms with E-state index < -0.39 is 0 Å². The molecule has 0 amide bonds. The van der Waals surface area contributed by atoms with Gasteiger partial charge in [-0.1, -0.05) is 0 Å². The molecule has 2 unspecified atom stereocenters. The molecule has 2 atom stereocenters. The maximum atomic E-state index is 5.63. The van der Waals surface area contributed by atoms with Gasteiger partial charge in [-0.15, -0.1) is 11.3 Å². The van der Waals surface area contributed by atoms with Crippen LogP contribution in [0.25, 0.3) is 16.7 Å². The predicted octanol–water partition coefficient (Wildman–Crippen LogP) is 3.17. The van der Waals surface area contributed by atoms with Crippen LogP contribution in [0.1, 0.15) is 23.8 Å². The van der Waals surface area contributed by atoms with Gasteiger partial charge in [0.1, 0.15) is 17.8 Å². The van der Waals surface area contributed by atoms with E-state index in [0.29, 0.717) is 12.0 Å². The number of aromatic nitrogens is 5. The number of nitrogens with zero attached hydrogens (tertiary/aromatic N) is 5. The first-order valence-corrected chi connectivity index (χ1v) is 12.0. The van der Waals surface area contributed by atoms with Gasteiger partial charge in [0.2, 0.25) is 5.95 Å². The van der Waals surface area contributed by atoms with Crippen molar-refractivity contribution in [1.82, 2.24) is 29.6 Å². The van der Waals surface area contributed by atoms with Crippen LogP contribution in [-0.4, -0.2) is 56.8 Å². The lowest BCUT2D eigenvalue weighted by atomic mass is 10.1. The van der Waals surface area contributed by atoms with Gasteiger partial charge in [-0.3, -0.25) is 10.00 Å². The monoisotopic (exact) mass is 466 g/mol. The minimum absolute atomic E-state index is 0.103. The average Bonchev–Trinajstić information content (AvgIpc) is 3.13. The summed E-state index contributed by atoms with van der Waals surface area (Å²) >= 11 is 1.67. The summed E-state index contributed by atoms with van der Waals surface area (Å²) in [6.45, 7) is 1.52. The van der Waals surface area contributed by atoms with Crippen LogP contribution in [0, 0.1) is 0 Å². The molecule has 0 aliphatic carbocycles. The van der Waals surface area contributed by atoms with Crippen LogP contribution in [0.15, 0.2) is 36.1 Å². The van der Waals surface area contributed by atoms with E-state index in [1.807, 2.05) is 38.8 Å². The standard InChI is InChI=1S/C22H26N8O2S/c1-23-21-19(32-21)17-9-14(12-33-17)26-22-27-16-3-6-30(15-10-24-29(2)11-15)18(16)20(28-22)25-13-4-7-31-8-5-13/h3,6,9-13,19,21,23H,4-5,7-8H2,1-2H3,(H2,25,26,27,28). The maximum absolute atomic E-state index is 5.63. The van der Waals surface area contributed by atoms with Crippen molar-refractivity contribution in [2.45, 2.75) is 31.2 Å². The van der Waals surface area contributed by atoms with Crippen molar-refractivity contribution in [1.29, 1.82) is 0 Å². The van der Waals surface area contributed by atoms with E-state index in [4.69, 9.17) is 19.4 Å². The summed E-state index contributed by atoms with van der Waals surface area (Å²) in [6.07, 6.45) is 7.96. The molecule has 4 aromatic rings. The molecule has 0 radical (unpaired) electrons. The number of anilines is 3. The van der Waals surface area contributed by atoms with Gasteiger partial charge in [0, 0.05) is 49.0 Å². The highest BCUT2D eigenvalue weighted by Gasteiger charge is 2.40. The van der Waals surface area contributed by atoms with E-state index in [9.17, 15) is 0 Å². The highest BCUT2D eigenvalue weighted by Crippen LogP contribution is 2.41. The first-order chi connectivity index (χ1) is 16.2. The summed E-state index contributed by atoms with van der Waals surface area (Å²) in [5.41, 5.74) is 3.73.